The number of esters is 1. The highest BCUT2D eigenvalue weighted by atomic mass is 31.2. The van der Waals surface area contributed by atoms with Gasteiger partial charge in [0, 0.05) is 6.42 Å². The number of unbranched alkanes of at least 4 members (excludes halogenated alkanes) is 25. The van der Waals surface area contributed by atoms with Crippen LogP contribution in [0.2, 0.25) is 0 Å². The van der Waals surface area contributed by atoms with Crippen LogP contribution < -0.4 is 5.09 Å². The molecule has 0 saturated carbocycles. The Morgan fingerprint density at radius 2 is 1.10 bits per heavy atom. The van der Waals surface area contributed by atoms with Crippen molar-refractivity contribution in [1.82, 2.24) is 5.09 Å². The number of carbonyl (C=O) groups excluding carboxylic acids is 1. The van der Waals surface area contributed by atoms with Gasteiger partial charge in [-0.25, -0.2) is 0 Å². The molecule has 0 aliphatic carbocycles. The lowest BCUT2D eigenvalue weighted by Crippen LogP contribution is -2.29. The van der Waals surface area contributed by atoms with E-state index in [1.807, 2.05) is 6.08 Å². The first-order valence-corrected chi connectivity index (χ1v) is 22.4. The molecule has 1 aliphatic heterocycles. The third-order valence-corrected chi connectivity index (χ3v) is 10.9. The molecule has 1 rings (SSSR count). The summed E-state index contributed by atoms with van der Waals surface area (Å²) in [6.07, 6.45) is 44.2. The molecule has 2 atom stereocenters. The summed E-state index contributed by atoms with van der Waals surface area (Å²) in [5, 5.41) is 2.88. The Hall–Kier alpha value is -0.980. The number of carbonyl (C=O) groups is 1. The van der Waals surface area contributed by atoms with Crippen molar-refractivity contribution in [3.63, 3.8) is 0 Å². The number of rotatable bonds is 37. The Balaban J connectivity index is 2.10. The summed E-state index contributed by atoms with van der Waals surface area (Å²) in [7, 11) is -3.07. The zero-order valence-corrected chi connectivity index (χ0v) is 33.1. The lowest BCUT2D eigenvalue weighted by Gasteiger charge is -2.18. The van der Waals surface area contributed by atoms with Gasteiger partial charge in [0.15, 0.2) is 6.10 Å². The van der Waals surface area contributed by atoms with Crippen molar-refractivity contribution in [2.45, 2.75) is 206 Å². The van der Waals surface area contributed by atoms with Gasteiger partial charge < -0.3 is 9.47 Å². The molecule has 49 heavy (non-hydrogen) atoms. The molecule has 0 spiro atoms. The molecule has 1 saturated heterocycles. The van der Waals surface area contributed by atoms with Crippen molar-refractivity contribution < 1.29 is 28.2 Å². The second-order valence-electron chi connectivity index (χ2n) is 14.1. The second-order valence-corrected chi connectivity index (χ2v) is 16.0. The van der Waals surface area contributed by atoms with E-state index in [1.54, 1.807) is 6.26 Å². The molecule has 0 amide bonds. The monoisotopic (exact) mass is 713 g/mol. The molecule has 0 aromatic carbocycles. The van der Waals surface area contributed by atoms with E-state index in [-0.39, 0.29) is 19.2 Å². The molecule has 0 aromatic rings. The van der Waals surface area contributed by atoms with Gasteiger partial charge in [-0.2, -0.15) is 13.9 Å². The topological polar surface area (TPSA) is 86.3 Å². The predicted molar refractivity (Wildman–Crippen MR) is 208 cm³/mol. The summed E-state index contributed by atoms with van der Waals surface area (Å²) in [6, 6.07) is 0. The highest BCUT2D eigenvalue weighted by Crippen LogP contribution is 2.55. The molecule has 7 nitrogen and oxygen atoms in total. The molecular formula is C41H79NO6P+. The van der Waals surface area contributed by atoms with Gasteiger partial charge in [-0.15, -0.1) is 5.09 Å². The average Bonchev–Trinajstić information content (AvgIpc) is 3.54. The van der Waals surface area contributed by atoms with Crippen LogP contribution in [0.1, 0.15) is 200 Å². The largest absolute Gasteiger partial charge is 0.499 e. The molecule has 1 heterocycles. The summed E-state index contributed by atoms with van der Waals surface area (Å²) in [5.41, 5.74) is 0. The van der Waals surface area contributed by atoms with Crippen molar-refractivity contribution in [2.75, 3.05) is 26.4 Å². The minimum absolute atomic E-state index is 0.0300. The molecule has 0 aromatic heterocycles. The summed E-state index contributed by atoms with van der Waals surface area (Å²) >= 11 is 0. The first-order valence-electron chi connectivity index (χ1n) is 20.9. The van der Waals surface area contributed by atoms with Crippen molar-refractivity contribution in [2.24, 2.45) is 0 Å². The zero-order valence-electron chi connectivity index (χ0n) is 32.2. The van der Waals surface area contributed by atoms with Crippen molar-refractivity contribution >= 4 is 14.1 Å². The van der Waals surface area contributed by atoms with Crippen LogP contribution in [0.3, 0.4) is 0 Å². The molecule has 0 radical (unpaired) electrons. The second kappa shape index (κ2) is 35.4. The molecular weight excluding hydrogens is 633 g/mol. The lowest BCUT2D eigenvalue weighted by molar-refractivity contribution is -0.153. The molecule has 1 aliphatic rings. The van der Waals surface area contributed by atoms with E-state index in [0.717, 1.165) is 38.5 Å². The van der Waals surface area contributed by atoms with Crippen LogP contribution >= 0.6 is 8.09 Å². The molecule has 2 unspecified atom stereocenters. The van der Waals surface area contributed by atoms with Crippen molar-refractivity contribution in [1.29, 1.82) is 0 Å². The summed E-state index contributed by atoms with van der Waals surface area (Å²) in [4.78, 5) is 23.0. The summed E-state index contributed by atoms with van der Waals surface area (Å²) in [5.74, 6) is -0.244. The van der Waals surface area contributed by atoms with Crippen molar-refractivity contribution in [3.8, 4) is 0 Å². The fraction of sp³-hybridized carbons (Fsp3) is 0.878. The first kappa shape index (κ1) is 46.0. The van der Waals surface area contributed by atoms with Crippen LogP contribution in [0, 0.1) is 0 Å². The summed E-state index contributed by atoms with van der Waals surface area (Å²) < 4.78 is 22.4. The number of allylic oxidation sites excluding steroid dienone is 3. The molecule has 288 valence electrons. The van der Waals surface area contributed by atoms with E-state index in [0.29, 0.717) is 19.6 Å². The van der Waals surface area contributed by atoms with E-state index >= 15 is 0 Å². The standard InChI is InChI=1S/C41H79NO6P/c1-3-5-7-9-11-13-15-17-19-21-23-25-27-29-31-33-36-45-38-40(39-47-49(44)42-35-37-46-49)48-41(43)34-32-30-28-26-24-22-20-18-16-14-12-10-8-6-4-2/h18,20,33,36,40,42,44H,3-17,19,21-32,34-35,37-39H2,1-2H3/q+1/b20-18-,36-33-. The van der Waals surface area contributed by atoms with E-state index < -0.39 is 14.2 Å². The van der Waals surface area contributed by atoms with Crippen molar-refractivity contribution in [3.05, 3.63) is 24.5 Å². The lowest BCUT2D eigenvalue weighted by atomic mass is 10.0. The van der Waals surface area contributed by atoms with E-state index in [1.165, 1.54) is 141 Å². The normalized spacial score (nSPS) is 17.0. The Bertz CT molecular complexity index is 773. The molecule has 0 bridgehead atoms. The molecule has 1 fully saturated rings. The van der Waals surface area contributed by atoms with Gasteiger partial charge in [-0.3, -0.25) is 4.79 Å². The van der Waals surface area contributed by atoms with Crippen LogP contribution in [0.4, 0.5) is 0 Å². The van der Waals surface area contributed by atoms with E-state index in [9.17, 15) is 9.69 Å². The third kappa shape index (κ3) is 31.5. The SMILES string of the molecule is CCCCCCCC/C=C\CCCCCCCC(=O)OC(CO/C=C\CCCCCCCCCCCCCCCC)CO[P+]1(O)NCCO1. The van der Waals surface area contributed by atoms with Gasteiger partial charge in [0.2, 0.25) is 0 Å². The number of hydrogen-bond donors (Lipinski definition) is 2. The van der Waals surface area contributed by atoms with Crippen LogP contribution in [-0.2, 0) is 23.3 Å². The third-order valence-electron chi connectivity index (χ3n) is 9.26. The van der Waals surface area contributed by atoms with Gasteiger partial charge in [0.1, 0.15) is 19.8 Å². The summed E-state index contributed by atoms with van der Waals surface area (Å²) in [6.45, 7) is 5.71. The fourth-order valence-corrected chi connectivity index (χ4v) is 7.46. The average molecular weight is 713 g/mol. The highest BCUT2D eigenvalue weighted by molar-refractivity contribution is 7.58. The van der Waals surface area contributed by atoms with E-state index in [4.69, 9.17) is 18.5 Å². The van der Waals surface area contributed by atoms with Crippen LogP contribution in [0.15, 0.2) is 24.5 Å². The van der Waals surface area contributed by atoms with Crippen LogP contribution in [0.25, 0.3) is 0 Å². The van der Waals surface area contributed by atoms with Gasteiger partial charge >= 0.3 is 14.1 Å². The Labute approximate surface area is 303 Å². The van der Waals surface area contributed by atoms with Gasteiger partial charge in [-0.05, 0) is 51.0 Å². The number of ether oxygens (including phenoxy) is 2. The number of nitrogens with one attached hydrogen (secondary N) is 1. The zero-order chi connectivity index (χ0) is 35.4. The van der Waals surface area contributed by atoms with Crippen LogP contribution in [0.5, 0.6) is 0 Å². The van der Waals surface area contributed by atoms with Gasteiger partial charge in [-0.1, -0.05) is 161 Å². The molecule has 8 heteroatoms. The minimum Gasteiger partial charge on any atom is -0.498 e. The van der Waals surface area contributed by atoms with E-state index in [2.05, 4.69) is 31.1 Å². The Kier molecular flexibility index (Phi) is 33.3. The van der Waals surface area contributed by atoms with Gasteiger partial charge in [0.05, 0.1) is 12.8 Å². The fourth-order valence-electron chi connectivity index (χ4n) is 6.13. The maximum absolute atomic E-state index is 12.6. The smallest absolute Gasteiger partial charge is 0.498 e. The Morgan fingerprint density at radius 1 is 0.653 bits per heavy atom. The van der Waals surface area contributed by atoms with Gasteiger partial charge in [0.25, 0.3) is 0 Å². The highest BCUT2D eigenvalue weighted by Gasteiger charge is 2.46. The quantitative estimate of drug-likeness (QED) is 0.0218. The maximum atomic E-state index is 12.6. The minimum atomic E-state index is -3.07. The molecule has 2 N–H and O–H groups in total. The van der Waals surface area contributed by atoms with Crippen LogP contribution in [-0.4, -0.2) is 43.3 Å². The predicted octanol–water partition coefficient (Wildman–Crippen LogP) is 12.6. The maximum Gasteiger partial charge on any atom is 0.499 e. The Morgan fingerprint density at radius 3 is 1.57 bits per heavy atom. The number of hydrogen-bond acceptors (Lipinski definition) is 7. The first-order chi connectivity index (χ1) is 24.1.